The third-order valence-electron chi connectivity index (χ3n) is 3.29. The Hall–Kier alpha value is -2.47. The van der Waals surface area contributed by atoms with E-state index in [0.29, 0.717) is 16.4 Å². The Morgan fingerprint density at radius 3 is 2.73 bits per heavy atom. The standard InChI is InChI=1S/C16H15N3O2S/c1-9-4-6-12(10(2)17-9)15(20)19-16-18-13-7-5-11(21-3)8-14(13)22-16/h4-8H,1-3H3,(H,18,19,20). The van der Waals surface area contributed by atoms with Gasteiger partial charge in [0.05, 0.1) is 28.6 Å². The van der Waals surface area contributed by atoms with E-state index in [1.165, 1.54) is 11.3 Å². The SMILES string of the molecule is COc1ccc2nc(NC(=O)c3ccc(C)nc3C)sc2c1. The number of rotatable bonds is 3. The van der Waals surface area contributed by atoms with Crippen molar-refractivity contribution in [1.29, 1.82) is 0 Å². The Labute approximate surface area is 132 Å². The van der Waals surface area contributed by atoms with Crippen molar-refractivity contribution in [2.24, 2.45) is 0 Å². The summed E-state index contributed by atoms with van der Waals surface area (Å²) in [5.74, 6) is 0.573. The average Bonchev–Trinajstić information content (AvgIpc) is 2.87. The van der Waals surface area contributed by atoms with E-state index in [2.05, 4.69) is 15.3 Å². The van der Waals surface area contributed by atoms with Crippen LogP contribution < -0.4 is 10.1 Å². The maximum atomic E-state index is 12.3. The smallest absolute Gasteiger partial charge is 0.259 e. The molecule has 1 N–H and O–H groups in total. The van der Waals surface area contributed by atoms with Crippen LogP contribution in [0.3, 0.4) is 0 Å². The summed E-state index contributed by atoms with van der Waals surface area (Å²) in [6.45, 7) is 3.72. The molecule has 0 aliphatic carbocycles. The minimum absolute atomic E-state index is 0.198. The number of carbonyl (C=O) groups excluding carboxylic acids is 1. The lowest BCUT2D eigenvalue weighted by molar-refractivity contribution is 0.102. The molecule has 0 saturated heterocycles. The number of carbonyl (C=O) groups is 1. The van der Waals surface area contributed by atoms with E-state index in [0.717, 1.165) is 21.7 Å². The van der Waals surface area contributed by atoms with Crippen molar-refractivity contribution < 1.29 is 9.53 Å². The zero-order chi connectivity index (χ0) is 15.7. The van der Waals surface area contributed by atoms with Gasteiger partial charge in [-0.15, -0.1) is 0 Å². The van der Waals surface area contributed by atoms with Crippen LogP contribution in [0.25, 0.3) is 10.2 Å². The molecule has 22 heavy (non-hydrogen) atoms. The Morgan fingerprint density at radius 1 is 1.18 bits per heavy atom. The molecule has 0 atom stereocenters. The van der Waals surface area contributed by atoms with Crippen LogP contribution in [0.5, 0.6) is 5.75 Å². The molecule has 6 heteroatoms. The normalized spacial score (nSPS) is 10.7. The molecule has 0 radical (unpaired) electrons. The molecule has 2 aromatic heterocycles. The van der Waals surface area contributed by atoms with Crippen molar-refractivity contribution in [3.05, 3.63) is 47.3 Å². The topological polar surface area (TPSA) is 64.1 Å². The second kappa shape index (κ2) is 5.73. The number of hydrogen-bond donors (Lipinski definition) is 1. The van der Waals surface area contributed by atoms with Gasteiger partial charge in [-0.1, -0.05) is 11.3 Å². The summed E-state index contributed by atoms with van der Waals surface area (Å²) < 4.78 is 6.16. The van der Waals surface area contributed by atoms with E-state index in [1.807, 2.05) is 38.1 Å². The molecule has 3 rings (SSSR count). The lowest BCUT2D eigenvalue weighted by atomic mass is 10.2. The number of nitrogens with one attached hydrogen (secondary N) is 1. The first-order chi connectivity index (χ1) is 10.6. The maximum absolute atomic E-state index is 12.3. The Kier molecular flexibility index (Phi) is 3.77. The zero-order valence-electron chi connectivity index (χ0n) is 12.5. The van der Waals surface area contributed by atoms with Crippen LogP contribution in [0.1, 0.15) is 21.7 Å². The molecular weight excluding hydrogens is 298 g/mol. The molecular formula is C16H15N3O2S. The van der Waals surface area contributed by atoms with Crippen LogP contribution in [0.15, 0.2) is 30.3 Å². The summed E-state index contributed by atoms with van der Waals surface area (Å²) in [6.07, 6.45) is 0. The van der Waals surface area contributed by atoms with E-state index < -0.39 is 0 Å². The number of ether oxygens (including phenoxy) is 1. The van der Waals surface area contributed by atoms with Gasteiger partial charge in [-0.3, -0.25) is 15.1 Å². The summed E-state index contributed by atoms with van der Waals surface area (Å²) in [5, 5.41) is 3.40. The van der Waals surface area contributed by atoms with Crippen LogP contribution in [0.2, 0.25) is 0 Å². The number of aryl methyl sites for hydroxylation is 2. The highest BCUT2D eigenvalue weighted by Gasteiger charge is 2.13. The fourth-order valence-corrected chi connectivity index (χ4v) is 3.07. The number of nitrogens with zero attached hydrogens (tertiary/aromatic N) is 2. The number of aromatic nitrogens is 2. The molecule has 5 nitrogen and oxygen atoms in total. The van der Waals surface area contributed by atoms with Crippen molar-refractivity contribution in [3.63, 3.8) is 0 Å². The third kappa shape index (κ3) is 2.78. The molecule has 0 aliphatic rings. The molecule has 1 aromatic carbocycles. The van der Waals surface area contributed by atoms with E-state index >= 15 is 0 Å². The number of benzene rings is 1. The van der Waals surface area contributed by atoms with Gasteiger partial charge in [0, 0.05) is 5.69 Å². The molecule has 0 aliphatic heterocycles. The summed E-state index contributed by atoms with van der Waals surface area (Å²) >= 11 is 1.42. The third-order valence-corrected chi connectivity index (χ3v) is 4.22. The second-order valence-corrected chi connectivity index (χ2v) is 5.92. The van der Waals surface area contributed by atoms with Crippen molar-refractivity contribution in [3.8, 4) is 5.75 Å². The highest BCUT2D eigenvalue weighted by atomic mass is 32.1. The van der Waals surface area contributed by atoms with Gasteiger partial charge in [0.1, 0.15) is 5.75 Å². The molecule has 0 fully saturated rings. The van der Waals surface area contributed by atoms with Gasteiger partial charge in [-0.25, -0.2) is 4.98 Å². The number of hydrogen-bond acceptors (Lipinski definition) is 5. The number of fused-ring (bicyclic) bond motifs is 1. The number of anilines is 1. The highest BCUT2D eigenvalue weighted by molar-refractivity contribution is 7.22. The Balaban J connectivity index is 1.87. The lowest BCUT2D eigenvalue weighted by Gasteiger charge is -2.05. The molecule has 1 amide bonds. The first-order valence-electron chi connectivity index (χ1n) is 6.77. The van der Waals surface area contributed by atoms with Gasteiger partial charge < -0.3 is 4.74 Å². The molecule has 0 spiro atoms. The average molecular weight is 313 g/mol. The fourth-order valence-electron chi connectivity index (χ4n) is 2.18. The van der Waals surface area contributed by atoms with Crippen molar-refractivity contribution in [2.45, 2.75) is 13.8 Å². The highest BCUT2D eigenvalue weighted by Crippen LogP contribution is 2.29. The largest absolute Gasteiger partial charge is 0.497 e. The number of methoxy groups -OCH3 is 1. The van der Waals surface area contributed by atoms with Crippen LogP contribution in [0, 0.1) is 13.8 Å². The van der Waals surface area contributed by atoms with Crippen LogP contribution in [-0.2, 0) is 0 Å². The van der Waals surface area contributed by atoms with Crippen LogP contribution in [0.4, 0.5) is 5.13 Å². The zero-order valence-corrected chi connectivity index (χ0v) is 13.3. The van der Waals surface area contributed by atoms with Crippen LogP contribution in [-0.4, -0.2) is 23.0 Å². The summed E-state index contributed by atoms with van der Waals surface area (Å²) in [7, 11) is 1.62. The minimum atomic E-state index is -0.198. The molecule has 112 valence electrons. The van der Waals surface area contributed by atoms with E-state index in [-0.39, 0.29) is 5.91 Å². The van der Waals surface area contributed by atoms with E-state index in [9.17, 15) is 4.79 Å². The number of amides is 1. The fraction of sp³-hybridized carbons (Fsp3) is 0.188. The van der Waals surface area contributed by atoms with Gasteiger partial charge in [-0.2, -0.15) is 0 Å². The number of pyridine rings is 1. The molecule has 3 aromatic rings. The van der Waals surface area contributed by atoms with Crippen molar-refractivity contribution >= 4 is 32.6 Å². The van der Waals surface area contributed by atoms with Gasteiger partial charge in [0.25, 0.3) is 5.91 Å². The van der Waals surface area contributed by atoms with Crippen molar-refractivity contribution in [1.82, 2.24) is 9.97 Å². The lowest BCUT2D eigenvalue weighted by Crippen LogP contribution is -2.14. The predicted octanol–water partition coefficient (Wildman–Crippen LogP) is 3.57. The van der Waals surface area contributed by atoms with Gasteiger partial charge in [0.15, 0.2) is 5.13 Å². The summed E-state index contributed by atoms with van der Waals surface area (Å²) in [4.78, 5) is 21.1. The Morgan fingerprint density at radius 2 is 2.00 bits per heavy atom. The summed E-state index contributed by atoms with van der Waals surface area (Å²) in [5.41, 5.74) is 2.99. The monoisotopic (exact) mass is 313 g/mol. The first kappa shape index (κ1) is 14.5. The quantitative estimate of drug-likeness (QED) is 0.803. The first-order valence-corrected chi connectivity index (χ1v) is 7.58. The predicted molar refractivity (Wildman–Crippen MR) is 87.8 cm³/mol. The minimum Gasteiger partial charge on any atom is -0.497 e. The second-order valence-electron chi connectivity index (χ2n) is 4.89. The number of thiazole rings is 1. The van der Waals surface area contributed by atoms with Gasteiger partial charge >= 0.3 is 0 Å². The van der Waals surface area contributed by atoms with Crippen LogP contribution >= 0.6 is 11.3 Å². The molecule has 0 unspecified atom stereocenters. The molecule has 0 bridgehead atoms. The maximum Gasteiger partial charge on any atom is 0.259 e. The molecule has 0 saturated carbocycles. The van der Waals surface area contributed by atoms with E-state index in [4.69, 9.17) is 4.74 Å². The van der Waals surface area contributed by atoms with Gasteiger partial charge in [0.2, 0.25) is 0 Å². The van der Waals surface area contributed by atoms with Gasteiger partial charge in [-0.05, 0) is 44.2 Å². The Bertz CT molecular complexity index is 858. The van der Waals surface area contributed by atoms with Crippen molar-refractivity contribution in [2.75, 3.05) is 12.4 Å². The summed E-state index contributed by atoms with van der Waals surface area (Å²) in [6, 6.07) is 9.23. The molecule has 2 heterocycles. The van der Waals surface area contributed by atoms with E-state index in [1.54, 1.807) is 13.2 Å².